The lowest BCUT2D eigenvalue weighted by Crippen LogP contribution is -2.12. The number of hydrogen-bond acceptors (Lipinski definition) is 6. The van der Waals surface area contributed by atoms with Crippen LogP contribution in [0.5, 0.6) is 0 Å². The molecule has 0 radical (unpaired) electrons. The molecule has 28 heavy (non-hydrogen) atoms. The van der Waals surface area contributed by atoms with Crippen LogP contribution >= 0.6 is 11.3 Å². The molecule has 0 saturated heterocycles. The van der Waals surface area contributed by atoms with E-state index in [0.717, 1.165) is 5.56 Å². The molecular formula is C20H18N2O5S. The first-order valence-corrected chi connectivity index (χ1v) is 9.33. The molecule has 0 aliphatic heterocycles. The summed E-state index contributed by atoms with van der Waals surface area (Å²) in [6.45, 7) is 3.83. The van der Waals surface area contributed by atoms with Crippen molar-refractivity contribution < 1.29 is 23.5 Å². The molecule has 0 bridgehead atoms. The lowest BCUT2D eigenvalue weighted by molar-refractivity contribution is 0.0526. The lowest BCUT2D eigenvalue weighted by atomic mass is 10.2. The minimum atomic E-state index is -0.411. The van der Waals surface area contributed by atoms with Gasteiger partial charge in [0.05, 0.1) is 28.3 Å². The molecule has 7 nitrogen and oxygen atoms in total. The van der Waals surface area contributed by atoms with E-state index in [4.69, 9.17) is 9.15 Å². The highest BCUT2D eigenvalue weighted by Gasteiger charge is 2.17. The van der Waals surface area contributed by atoms with E-state index in [1.165, 1.54) is 17.6 Å². The fourth-order valence-electron chi connectivity index (χ4n) is 2.44. The molecule has 2 N–H and O–H groups in total. The van der Waals surface area contributed by atoms with Crippen LogP contribution in [-0.2, 0) is 4.74 Å². The number of amides is 2. The maximum atomic E-state index is 12.6. The number of aryl methyl sites for hydroxylation is 1. The van der Waals surface area contributed by atoms with Gasteiger partial charge in [0.15, 0.2) is 5.76 Å². The Morgan fingerprint density at radius 1 is 1.07 bits per heavy atom. The second kappa shape index (κ2) is 8.53. The van der Waals surface area contributed by atoms with Crippen LogP contribution in [0.4, 0.5) is 10.7 Å². The number of furan rings is 1. The molecule has 3 aromatic rings. The van der Waals surface area contributed by atoms with Crippen LogP contribution in [0.3, 0.4) is 0 Å². The fourth-order valence-corrected chi connectivity index (χ4v) is 3.41. The van der Waals surface area contributed by atoms with E-state index < -0.39 is 5.97 Å². The number of anilines is 2. The zero-order valence-corrected chi connectivity index (χ0v) is 16.1. The quantitative estimate of drug-likeness (QED) is 0.602. The summed E-state index contributed by atoms with van der Waals surface area (Å²) in [5, 5.41) is 6.03. The van der Waals surface area contributed by atoms with Gasteiger partial charge in [-0.05, 0) is 61.9 Å². The zero-order valence-electron chi connectivity index (χ0n) is 15.3. The van der Waals surface area contributed by atoms with Gasteiger partial charge in [0.1, 0.15) is 0 Å². The fraction of sp³-hybridized carbons (Fsp3) is 0.150. The number of ether oxygens (including phenoxy) is 1. The molecule has 2 aromatic heterocycles. The summed E-state index contributed by atoms with van der Waals surface area (Å²) in [4.78, 5) is 36.8. The van der Waals surface area contributed by atoms with Crippen molar-refractivity contribution >= 4 is 39.8 Å². The van der Waals surface area contributed by atoms with Crippen molar-refractivity contribution in [2.24, 2.45) is 0 Å². The minimum Gasteiger partial charge on any atom is -0.462 e. The van der Waals surface area contributed by atoms with Gasteiger partial charge in [0.2, 0.25) is 0 Å². The molecule has 2 heterocycles. The maximum Gasteiger partial charge on any atom is 0.338 e. The van der Waals surface area contributed by atoms with E-state index in [9.17, 15) is 14.4 Å². The van der Waals surface area contributed by atoms with Crippen molar-refractivity contribution in [2.45, 2.75) is 13.8 Å². The van der Waals surface area contributed by atoms with E-state index in [1.54, 1.807) is 56.3 Å². The Bertz CT molecular complexity index is 990. The van der Waals surface area contributed by atoms with Crippen molar-refractivity contribution in [2.75, 3.05) is 17.2 Å². The predicted molar refractivity (Wildman–Crippen MR) is 106 cm³/mol. The van der Waals surface area contributed by atoms with Gasteiger partial charge in [-0.2, -0.15) is 0 Å². The number of carbonyl (C=O) groups is 3. The van der Waals surface area contributed by atoms with E-state index in [0.29, 0.717) is 27.7 Å². The third kappa shape index (κ3) is 4.47. The summed E-state index contributed by atoms with van der Waals surface area (Å²) in [7, 11) is 0. The molecule has 8 heteroatoms. The van der Waals surface area contributed by atoms with Gasteiger partial charge < -0.3 is 19.8 Å². The van der Waals surface area contributed by atoms with Gasteiger partial charge in [-0.25, -0.2) is 4.79 Å². The summed E-state index contributed by atoms with van der Waals surface area (Å²) in [6.07, 6.45) is 1.42. The number of carbonyl (C=O) groups excluding carboxylic acids is 3. The Kier molecular flexibility index (Phi) is 5.90. The molecule has 2 amide bonds. The van der Waals surface area contributed by atoms with E-state index >= 15 is 0 Å². The van der Waals surface area contributed by atoms with Crippen LogP contribution in [-0.4, -0.2) is 24.4 Å². The SMILES string of the molecule is CCOC(=O)c1ccc(NC(=O)c2sc(NC(=O)c3ccco3)cc2C)cc1. The monoisotopic (exact) mass is 398 g/mol. The highest BCUT2D eigenvalue weighted by molar-refractivity contribution is 7.18. The summed E-state index contributed by atoms with van der Waals surface area (Å²) in [5.41, 5.74) is 1.70. The van der Waals surface area contributed by atoms with Gasteiger partial charge >= 0.3 is 5.97 Å². The molecule has 0 spiro atoms. The van der Waals surface area contributed by atoms with Gasteiger partial charge in [0, 0.05) is 5.69 Å². The topological polar surface area (TPSA) is 97.6 Å². The van der Waals surface area contributed by atoms with Gasteiger partial charge in [0.25, 0.3) is 11.8 Å². The Labute approximate surface area is 165 Å². The first-order valence-electron chi connectivity index (χ1n) is 8.51. The third-order valence-corrected chi connectivity index (χ3v) is 4.91. The molecular weight excluding hydrogens is 380 g/mol. The molecule has 0 fully saturated rings. The van der Waals surface area contributed by atoms with Crippen LogP contribution in [0, 0.1) is 6.92 Å². The third-order valence-electron chi connectivity index (χ3n) is 3.76. The smallest absolute Gasteiger partial charge is 0.338 e. The van der Waals surface area contributed by atoms with Crippen molar-refractivity contribution in [3.63, 3.8) is 0 Å². The number of esters is 1. The van der Waals surface area contributed by atoms with Crippen LogP contribution in [0.2, 0.25) is 0 Å². The van der Waals surface area contributed by atoms with Crippen molar-refractivity contribution in [3.8, 4) is 0 Å². The largest absolute Gasteiger partial charge is 0.462 e. The maximum absolute atomic E-state index is 12.6. The molecule has 0 unspecified atom stereocenters. The first-order chi connectivity index (χ1) is 13.5. The van der Waals surface area contributed by atoms with E-state index in [-0.39, 0.29) is 17.6 Å². The molecule has 3 rings (SSSR count). The Morgan fingerprint density at radius 3 is 2.46 bits per heavy atom. The van der Waals surface area contributed by atoms with Crippen LogP contribution in [0.25, 0.3) is 0 Å². The lowest BCUT2D eigenvalue weighted by Gasteiger charge is -2.06. The summed E-state index contributed by atoms with van der Waals surface area (Å²) >= 11 is 1.17. The second-order valence-electron chi connectivity index (χ2n) is 5.81. The molecule has 0 aliphatic rings. The molecule has 0 atom stereocenters. The van der Waals surface area contributed by atoms with Gasteiger partial charge in [-0.15, -0.1) is 11.3 Å². The Balaban J connectivity index is 1.67. The number of hydrogen-bond donors (Lipinski definition) is 2. The highest BCUT2D eigenvalue weighted by atomic mass is 32.1. The normalized spacial score (nSPS) is 10.4. The average Bonchev–Trinajstić information content (AvgIpc) is 3.32. The number of nitrogens with one attached hydrogen (secondary N) is 2. The minimum absolute atomic E-state index is 0.193. The van der Waals surface area contributed by atoms with Crippen molar-refractivity contribution in [1.29, 1.82) is 0 Å². The van der Waals surface area contributed by atoms with E-state index in [2.05, 4.69) is 10.6 Å². The van der Waals surface area contributed by atoms with E-state index in [1.807, 2.05) is 0 Å². The Morgan fingerprint density at radius 2 is 1.82 bits per heavy atom. The highest BCUT2D eigenvalue weighted by Crippen LogP contribution is 2.28. The Hall–Kier alpha value is -3.39. The molecule has 0 saturated carbocycles. The molecule has 144 valence electrons. The first kappa shape index (κ1) is 19.4. The average molecular weight is 398 g/mol. The van der Waals surface area contributed by atoms with Crippen molar-refractivity contribution in [1.82, 2.24) is 0 Å². The van der Waals surface area contributed by atoms with Crippen LogP contribution < -0.4 is 10.6 Å². The van der Waals surface area contributed by atoms with Crippen LogP contribution in [0.1, 0.15) is 43.1 Å². The number of rotatable bonds is 6. The summed E-state index contributed by atoms with van der Waals surface area (Å²) in [6, 6.07) is 11.3. The van der Waals surface area contributed by atoms with Gasteiger partial charge in [-0.1, -0.05) is 0 Å². The summed E-state index contributed by atoms with van der Waals surface area (Å²) < 4.78 is 9.98. The van der Waals surface area contributed by atoms with Crippen molar-refractivity contribution in [3.05, 3.63) is 70.5 Å². The van der Waals surface area contributed by atoms with Gasteiger partial charge in [-0.3, -0.25) is 9.59 Å². The number of benzene rings is 1. The zero-order chi connectivity index (χ0) is 20.1. The van der Waals surface area contributed by atoms with Crippen LogP contribution in [0.15, 0.2) is 53.1 Å². The standard InChI is InChI=1S/C20H18N2O5S/c1-3-26-20(25)13-6-8-14(9-7-13)21-19(24)17-12(2)11-16(28-17)22-18(23)15-5-4-10-27-15/h4-11H,3H2,1-2H3,(H,21,24)(H,22,23). The predicted octanol–water partition coefficient (Wildman–Crippen LogP) is 4.33. The number of thiophene rings is 1. The molecule has 0 aliphatic carbocycles. The summed E-state index contributed by atoms with van der Waals surface area (Å²) in [5.74, 6) is -0.900. The second-order valence-corrected chi connectivity index (χ2v) is 6.86. The molecule has 1 aromatic carbocycles.